The Balaban J connectivity index is 1.73. The van der Waals surface area contributed by atoms with Crippen LogP contribution in [-0.2, 0) is 9.53 Å². The Hall–Kier alpha value is -0.830. The van der Waals surface area contributed by atoms with Gasteiger partial charge in [0.05, 0.1) is 12.7 Å². The zero-order valence-corrected chi connectivity index (χ0v) is 15.7. The van der Waals surface area contributed by atoms with Crippen LogP contribution in [0.25, 0.3) is 0 Å². The molecule has 3 fully saturated rings. The molecule has 24 heavy (non-hydrogen) atoms. The largest absolute Gasteiger partial charge is 0.493 e. The number of fused-ring (bicyclic) bond motifs is 5. The Labute approximate surface area is 145 Å². The second-order valence-corrected chi connectivity index (χ2v) is 9.54. The molecule has 134 valence electrons. The average molecular weight is 332 g/mol. The molecule has 0 heterocycles. The molecule has 4 rings (SSSR count). The maximum absolute atomic E-state index is 12.3. The summed E-state index contributed by atoms with van der Waals surface area (Å²) < 4.78 is 5.55. The summed E-state index contributed by atoms with van der Waals surface area (Å²) in [6.07, 6.45) is 8.17. The molecule has 0 aromatic rings. The highest BCUT2D eigenvalue weighted by atomic mass is 16.5. The van der Waals surface area contributed by atoms with Gasteiger partial charge in [0.2, 0.25) is 0 Å². The van der Waals surface area contributed by atoms with Gasteiger partial charge in [-0.1, -0.05) is 13.8 Å². The second-order valence-electron chi connectivity index (χ2n) is 9.54. The lowest BCUT2D eigenvalue weighted by Crippen LogP contribution is -2.54. The van der Waals surface area contributed by atoms with Gasteiger partial charge in [0, 0.05) is 6.42 Å². The predicted octanol–water partition coefficient (Wildman–Crippen LogP) is 4.24. The number of Topliss-reactive ketones (excluding diaryl/α,β-unsaturated/α-hetero) is 1. The monoisotopic (exact) mass is 332 g/mol. The Morgan fingerprint density at radius 2 is 1.71 bits per heavy atom. The van der Waals surface area contributed by atoms with E-state index >= 15 is 0 Å². The van der Waals surface area contributed by atoms with Crippen molar-refractivity contribution >= 4 is 5.78 Å². The van der Waals surface area contributed by atoms with Crippen LogP contribution < -0.4 is 0 Å². The maximum Gasteiger partial charge on any atom is 0.197 e. The van der Waals surface area contributed by atoms with Crippen LogP contribution in [0, 0.1) is 28.6 Å². The third-order valence-corrected chi connectivity index (χ3v) is 8.84. The van der Waals surface area contributed by atoms with Crippen molar-refractivity contribution in [2.75, 3.05) is 7.11 Å². The number of ether oxygens (including phenoxy) is 1. The Morgan fingerprint density at radius 3 is 2.42 bits per heavy atom. The molecule has 0 spiro atoms. The van der Waals surface area contributed by atoms with Crippen LogP contribution in [0.3, 0.4) is 0 Å². The van der Waals surface area contributed by atoms with Crippen molar-refractivity contribution in [1.29, 1.82) is 0 Å². The Morgan fingerprint density at radius 1 is 1.00 bits per heavy atom. The van der Waals surface area contributed by atoms with Crippen LogP contribution in [0.15, 0.2) is 11.3 Å². The molecule has 0 aromatic heterocycles. The van der Waals surface area contributed by atoms with Crippen molar-refractivity contribution in [3.8, 4) is 0 Å². The highest BCUT2D eigenvalue weighted by molar-refractivity contribution is 5.95. The van der Waals surface area contributed by atoms with Gasteiger partial charge < -0.3 is 9.84 Å². The van der Waals surface area contributed by atoms with Gasteiger partial charge in [-0.05, 0) is 86.0 Å². The molecule has 3 nitrogen and oxygen atoms in total. The summed E-state index contributed by atoms with van der Waals surface area (Å²) >= 11 is 0. The van der Waals surface area contributed by atoms with Gasteiger partial charge >= 0.3 is 0 Å². The number of ketones is 1. The number of hydrogen-bond donors (Lipinski definition) is 1. The van der Waals surface area contributed by atoms with Crippen LogP contribution >= 0.6 is 0 Å². The Bertz CT molecular complexity index is 604. The molecule has 4 aliphatic rings. The van der Waals surface area contributed by atoms with Crippen LogP contribution in [0.1, 0.15) is 72.1 Å². The summed E-state index contributed by atoms with van der Waals surface area (Å²) in [5.41, 5.74) is 0.980. The lowest BCUT2D eigenvalue weighted by Gasteiger charge is -2.59. The van der Waals surface area contributed by atoms with Gasteiger partial charge in [-0.25, -0.2) is 0 Å². The minimum Gasteiger partial charge on any atom is -0.493 e. The van der Waals surface area contributed by atoms with E-state index in [-0.39, 0.29) is 16.6 Å². The first-order valence-electron chi connectivity index (χ1n) is 9.78. The van der Waals surface area contributed by atoms with E-state index in [1.807, 2.05) is 0 Å². The molecule has 0 aromatic carbocycles. The van der Waals surface area contributed by atoms with Crippen molar-refractivity contribution < 1.29 is 14.6 Å². The van der Waals surface area contributed by atoms with E-state index in [2.05, 4.69) is 20.8 Å². The Kier molecular flexibility index (Phi) is 3.53. The van der Waals surface area contributed by atoms with Gasteiger partial charge in [-0.3, -0.25) is 4.79 Å². The zero-order chi connectivity index (χ0) is 17.3. The molecular formula is C21H32O3. The molecule has 0 amide bonds. The summed E-state index contributed by atoms with van der Waals surface area (Å²) in [5.74, 6) is 2.85. The fourth-order valence-corrected chi connectivity index (χ4v) is 7.15. The van der Waals surface area contributed by atoms with E-state index in [1.54, 1.807) is 7.11 Å². The minimum absolute atomic E-state index is 0.0698. The number of allylic oxidation sites excluding steroid dienone is 1. The third kappa shape index (κ3) is 1.91. The quantitative estimate of drug-likeness (QED) is 0.781. The first-order chi connectivity index (χ1) is 11.2. The molecule has 3 saturated carbocycles. The predicted molar refractivity (Wildman–Crippen MR) is 93.3 cm³/mol. The van der Waals surface area contributed by atoms with Crippen LogP contribution in [-0.4, -0.2) is 23.6 Å². The van der Waals surface area contributed by atoms with Crippen molar-refractivity contribution in [3.63, 3.8) is 0 Å². The van der Waals surface area contributed by atoms with E-state index in [0.717, 1.165) is 38.5 Å². The summed E-state index contributed by atoms with van der Waals surface area (Å²) in [6, 6.07) is 0. The molecule has 0 radical (unpaired) electrons. The lowest BCUT2D eigenvalue weighted by molar-refractivity contribution is -0.128. The summed E-state index contributed by atoms with van der Waals surface area (Å²) in [6.45, 7) is 6.78. The van der Waals surface area contributed by atoms with Gasteiger partial charge in [-0.2, -0.15) is 0 Å². The van der Waals surface area contributed by atoms with Crippen molar-refractivity contribution in [3.05, 3.63) is 11.3 Å². The summed E-state index contributed by atoms with van der Waals surface area (Å²) in [4.78, 5) is 12.3. The molecule has 3 heteroatoms. The van der Waals surface area contributed by atoms with Gasteiger partial charge in [0.15, 0.2) is 11.5 Å². The van der Waals surface area contributed by atoms with Crippen LogP contribution in [0.2, 0.25) is 0 Å². The zero-order valence-electron chi connectivity index (χ0n) is 15.7. The van der Waals surface area contributed by atoms with Crippen LogP contribution in [0.4, 0.5) is 0 Å². The molecule has 6 atom stereocenters. The van der Waals surface area contributed by atoms with E-state index in [9.17, 15) is 9.90 Å². The van der Waals surface area contributed by atoms with Crippen molar-refractivity contribution in [1.82, 2.24) is 0 Å². The number of carbonyl (C=O) groups is 1. The van der Waals surface area contributed by atoms with Crippen molar-refractivity contribution in [2.24, 2.45) is 28.6 Å². The number of methoxy groups -OCH3 is 1. The first kappa shape index (κ1) is 16.6. The van der Waals surface area contributed by atoms with E-state index in [1.165, 1.54) is 12.0 Å². The smallest absolute Gasteiger partial charge is 0.197 e. The van der Waals surface area contributed by atoms with Crippen molar-refractivity contribution in [2.45, 2.75) is 77.7 Å². The minimum atomic E-state index is -0.514. The highest BCUT2D eigenvalue weighted by Gasteiger charge is 2.62. The topological polar surface area (TPSA) is 46.5 Å². The second kappa shape index (κ2) is 5.09. The van der Waals surface area contributed by atoms with E-state index < -0.39 is 5.60 Å². The fraction of sp³-hybridized carbons (Fsp3) is 0.857. The van der Waals surface area contributed by atoms with Gasteiger partial charge in [-0.15, -0.1) is 0 Å². The van der Waals surface area contributed by atoms with E-state index in [0.29, 0.717) is 29.9 Å². The SMILES string of the molecule is COC1=C2CCC3C(CCC4(C)C3CCC4(C)O)C2(C)CCC1=O. The molecule has 0 bridgehead atoms. The standard InChI is InChI=1S/C21H32O3/c1-19-10-9-17(22)18(24-4)16(19)6-5-13-14(19)7-11-20(2)15(13)8-12-21(20,3)23/h13-15,23H,5-12H2,1-4H3. The normalized spacial score (nSPS) is 51.0. The molecular weight excluding hydrogens is 300 g/mol. The highest BCUT2D eigenvalue weighted by Crippen LogP contribution is 2.67. The molecule has 0 aliphatic heterocycles. The van der Waals surface area contributed by atoms with E-state index in [4.69, 9.17) is 4.74 Å². The first-order valence-corrected chi connectivity index (χ1v) is 9.78. The molecule has 0 saturated heterocycles. The maximum atomic E-state index is 12.3. The third-order valence-electron chi connectivity index (χ3n) is 8.84. The number of carbonyl (C=O) groups excluding carboxylic acids is 1. The number of aliphatic hydroxyl groups is 1. The number of hydrogen-bond acceptors (Lipinski definition) is 3. The van der Waals surface area contributed by atoms with Gasteiger partial charge in [0.1, 0.15) is 0 Å². The summed E-state index contributed by atoms with van der Waals surface area (Å²) in [7, 11) is 1.66. The molecule has 4 aliphatic carbocycles. The molecule has 6 unspecified atom stereocenters. The van der Waals surface area contributed by atoms with Crippen LogP contribution in [0.5, 0.6) is 0 Å². The summed E-state index contributed by atoms with van der Waals surface area (Å²) in [5, 5.41) is 11.0. The lowest BCUT2D eigenvalue weighted by atomic mass is 9.46. The number of rotatable bonds is 1. The average Bonchev–Trinajstić information content (AvgIpc) is 2.78. The fourth-order valence-electron chi connectivity index (χ4n) is 7.15. The molecule has 1 N–H and O–H groups in total. The van der Waals surface area contributed by atoms with Gasteiger partial charge in [0.25, 0.3) is 0 Å².